The Kier molecular flexibility index (Phi) is 6.61. The summed E-state index contributed by atoms with van der Waals surface area (Å²) in [7, 11) is 3.13. The predicted molar refractivity (Wildman–Crippen MR) is 74.1 cm³/mol. The minimum absolute atomic E-state index is 0.156. The van der Waals surface area contributed by atoms with E-state index in [9.17, 15) is 4.79 Å². The molecule has 0 saturated heterocycles. The van der Waals surface area contributed by atoms with E-state index in [0.29, 0.717) is 25.6 Å². The van der Waals surface area contributed by atoms with Crippen molar-refractivity contribution in [1.82, 2.24) is 0 Å². The zero-order valence-electron chi connectivity index (χ0n) is 11.7. The molecule has 1 aromatic rings. The Morgan fingerprint density at radius 1 is 1.05 bits per heavy atom. The summed E-state index contributed by atoms with van der Waals surface area (Å²) in [5.74, 6) is 0.0950. The zero-order valence-corrected chi connectivity index (χ0v) is 11.7. The lowest BCUT2D eigenvalue weighted by molar-refractivity contribution is 0.1000. The van der Waals surface area contributed by atoms with Crippen molar-refractivity contribution in [3.05, 3.63) is 17.7 Å². The molecule has 0 atom stereocenters. The smallest absolute Gasteiger partial charge is 0.250 e. The number of primary amides is 1. The molecule has 0 aromatic heterocycles. The van der Waals surface area contributed by atoms with Crippen LogP contribution in [0.5, 0.6) is 11.5 Å². The lowest BCUT2D eigenvalue weighted by Crippen LogP contribution is -2.16. The average Bonchev–Trinajstić information content (AvgIpc) is 2.41. The molecule has 112 valence electrons. The van der Waals surface area contributed by atoms with Crippen LogP contribution in [0.4, 0.5) is 5.69 Å². The highest BCUT2D eigenvalue weighted by atomic mass is 16.5. The van der Waals surface area contributed by atoms with E-state index in [1.165, 1.54) is 6.07 Å². The molecule has 0 aliphatic carbocycles. The first-order valence-electron chi connectivity index (χ1n) is 6.07. The summed E-state index contributed by atoms with van der Waals surface area (Å²) in [5, 5.41) is 0. The molecule has 1 rings (SSSR count). The number of hydrogen-bond acceptors (Lipinski definition) is 6. The van der Waals surface area contributed by atoms with Crippen molar-refractivity contribution in [3.63, 3.8) is 0 Å². The molecule has 0 aliphatic heterocycles. The number of amides is 1. The minimum Gasteiger partial charge on any atom is -0.487 e. The quantitative estimate of drug-likeness (QED) is 0.503. The van der Waals surface area contributed by atoms with Gasteiger partial charge in [0.15, 0.2) is 11.5 Å². The maximum absolute atomic E-state index is 11.3. The molecule has 7 nitrogen and oxygen atoms in total. The summed E-state index contributed by atoms with van der Waals surface area (Å²) in [6, 6.07) is 3.09. The van der Waals surface area contributed by atoms with Gasteiger partial charge in [0.2, 0.25) is 0 Å². The second kappa shape index (κ2) is 8.23. The van der Waals surface area contributed by atoms with Crippen LogP contribution in [0.15, 0.2) is 12.1 Å². The largest absolute Gasteiger partial charge is 0.487 e. The van der Waals surface area contributed by atoms with E-state index in [1.54, 1.807) is 20.3 Å². The van der Waals surface area contributed by atoms with Gasteiger partial charge in [0.1, 0.15) is 13.2 Å². The van der Waals surface area contributed by atoms with Gasteiger partial charge in [-0.25, -0.2) is 0 Å². The third-order valence-corrected chi connectivity index (χ3v) is 2.50. The maximum Gasteiger partial charge on any atom is 0.250 e. The van der Waals surface area contributed by atoms with Crippen molar-refractivity contribution in [2.75, 3.05) is 46.4 Å². The molecule has 0 unspecified atom stereocenters. The zero-order chi connectivity index (χ0) is 15.0. The van der Waals surface area contributed by atoms with Gasteiger partial charge in [-0.3, -0.25) is 4.79 Å². The van der Waals surface area contributed by atoms with E-state index in [4.69, 9.17) is 30.4 Å². The summed E-state index contributed by atoms with van der Waals surface area (Å²) in [4.78, 5) is 11.3. The Morgan fingerprint density at radius 3 is 2.20 bits per heavy atom. The molecule has 20 heavy (non-hydrogen) atoms. The Bertz CT molecular complexity index is 451. The fourth-order valence-corrected chi connectivity index (χ4v) is 1.52. The standard InChI is InChI=1S/C13H20N2O5/c1-17-5-7-19-10-4-3-9(13(15)16)11(14)12(10)20-8-6-18-2/h3-4H,5-8,14H2,1-2H3,(H2,15,16). The molecular weight excluding hydrogens is 264 g/mol. The van der Waals surface area contributed by atoms with Crippen LogP contribution in [0, 0.1) is 0 Å². The van der Waals surface area contributed by atoms with Crippen LogP contribution >= 0.6 is 0 Å². The molecule has 0 fully saturated rings. The number of benzene rings is 1. The van der Waals surface area contributed by atoms with E-state index in [-0.39, 0.29) is 23.6 Å². The minimum atomic E-state index is -0.623. The molecule has 1 amide bonds. The fourth-order valence-electron chi connectivity index (χ4n) is 1.52. The molecule has 0 spiro atoms. The summed E-state index contributed by atoms with van der Waals surface area (Å²) in [5.41, 5.74) is 11.5. The Labute approximate surface area is 117 Å². The van der Waals surface area contributed by atoms with Crippen LogP contribution in [0.1, 0.15) is 10.4 Å². The van der Waals surface area contributed by atoms with Crippen molar-refractivity contribution in [1.29, 1.82) is 0 Å². The second-order valence-electron chi connectivity index (χ2n) is 3.90. The maximum atomic E-state index is 11.3. The van der Waals surface area contributed by atoms with E-state index >= 15 is 0 Å². The third-order valence-electron chi connectivity index (χ3n) is 2.50. The number of anilines is 1. The second-order valence-corrected chi connectivity index (χ2v) is 3.90. The topological polar surface area (TPSA) is 106 Å². The number of rotatable bonds is 9. The van der Waals surface area contributed by atoms with Crippen LogP contribution < -0.4 is 20.9 Å². The highest BCUT2D eigenvalue weighted by Gasteiger charge is 2.16. The normalized spacial score (nSPS) is 10.3. The molecule has 0 aliphatic rings. The van der Waals surface area contributed by atoms with Gasteiger partial charge >= 0.3 is 0 Å². The monoisotopic (exact) mass is 284 g/mol. The van der Waals surface area contributed by atoms with Crippen LogP contribution in [-0.2, 0) is 9.47 Å². The van der Waals surface area contributed by atoms with Gasteiger partial charge in [0.05, 0.1) is 24.5 Å². The van der Waals surface area contributed by atoms with Gasteiger partial charge in [-0.05, 0) is 12.1 Å². The molecule has 0 heterocycles. The lowest BCUT2D eigenvalue weighted by Gasteiger charge is -2.16. The van der Waals surface area contributed by atoms with E-state index < -0.39 is 5.91 Å². The number of nitrogens with two attached hydrogens (primary N) is 2. The van der Waals surface area contributed by atoms with Crippen LogP contribution in [0.3, 0.4) is 0 Å². The summed E-state index contributed by atoms with van der Waals surface area (Å²) in [6.07, 6.45) is 0. The van der Waals surface area contributed by atoms with Crippen molar-refractivity contribution in [2.45, 2.75) is 0 Å². The fraction of sp³-hybridized carbons (Fsp3) is 0.462. The molecule has 4 N–H and O–H groups in total. The number of nitrogen functional groups attached to an aromatic ring is 1. The highest BCUT2D eigenvalue weighted by Crippen LogP contribution is 2.36. The van der Waals surface area contributed by atoms with Crippen molar-refractivity contribution in [3.8, 4) is 11.5 Å². The SMILES string of the molecule is COCCOc1ccc(C(N)=O)c(N)c1OCCOC. The van der Waals surface area contributed by atoms with Crippen molar-refractivity contribution >= 4 is 11.6 Å². The van der Waals surface area contributed by atoms with Gasteiger partial charge in [-0.15, -0.1) is 0 Å². The third kappa shape index (κ3) is 4.29. The number of hydrogen-bond donors (Lipinski definition) is 2. The van der Waals surface area contributed by atoms with Gasteiger partial charge in [-0.2, -0.15) is 0 Å². The Balaban J connectivity index is 2.96. The summed E-state index contributed by atoms with van der Waals surface area (Å²) in [6.45, 7) is 1.43. The van der Waals surface area contributed by atoms with E-state index in [1.807, 2.05) is 0 Å². The number of methoxy groups -OCH3 is 2. The molecule has 0 saturated carbocycles. The van der Waals surface area contributed by atoms with Crippen LogP contribution in [-0.4, -0.2) is 46.6 Å². The Morgan fingerprint density at radius 2 is 1.65 bits per heavy atom. The van der Waals surface area contributed by atoms with E-state index in [0.717, 1.165) is 0 Å². The first-order valence-corrected chi connectivity index (χ1v) is 6.07. The Hall–Kier alpha value is -1.99. The lowest BCUT2D eigenvalue weighted by atomic mass is 10.1. The summed E-state index contributed by atoms with van der Waals surface area (Å²) < 4.78 is 20.8. The molecule has 0 bridgehead atoms. The van der Waals surface area contributed by atoms with Crippen LogP contribution in [0.25, 0.3) is 0 Å². The first-order chi connectivity index (χ1) is 9.61. The van der Waals surface area contributed by atoms with E-state index in [2.05, 4.69) is 0 Å². The highest BCUT2D eigenvalue weighted by molar-refractivity contribution is 5.99. The molecular formula is C13H20N2O5. The number of ether oxygens (including phenoxy) is 4. The van der Waals surface area contributed by atoms with Gasteiger partial charge < -0.3 is 30.4 Å². The van der Waals surface area contributed by atoms with Gasteiger partial charge in [0, 0.05) is 14.2 Å². The average molecular weight is 284 g/mol. The van der Waals surface area contributed by atoms with Gasteiger partial charge in [-0.1, -0.05) is 0 Å². The van der Waals surface area contributed by atoms with Gasteiger partial charge in [0.25, 0.3) is 5.91 Å². The summed E-state index contributed by atoms with van der Waals surface area (Å²) >= 11 is 0. The predicted octanol–water partition coefficient (Wildman–Crippen LogP) is 0.418. The molecule has 0 radical (unpaired) electrons. The number of carbonyl (C=O) groups is 1. The first kappa shape index (κ1) is 16.1. The molecule has 1 aromatic carbocycles. The van der Waals surface area contributed by atoms with Crippen molar-refractivity contribution < 1.29 is 23.7 Å². The molecule has 7 heteroatoms. The van der Waals surface area contributed by atoms with Crippen LogP contribution in [0.2, 0.25) is 0 Å². The number of carbonyl (C=O) groups excluding carboxylic acids is 1. The van der Waals surface area contributed by atoms with Crippen molar-refractivity contribution in [2.24, 2.45) is 5.73 Å².